The van der Waals surface area contributed by atoms with E-state index in [1.165, 1.54) is 6.20 Å². The zero-order valence-electron chi connectivity index (χ0n) is 11.0. The predicted octanol–water partition coefficient (Wildman–Crippen LogP) is 2.16. The van der Waals surface area contributed by atoms with Crippen molar-refractivity contribution in [3.63, 3.8) is 0 Å². The number of anilines is 2. The zero-order valence-corrected chi connectivity index (χ0v) is 12.6. The van der Waals surface area contributed by atoms with E-state index < -0.39 is 5.91 Å². The summed E-state index contributed by atoms with van der Waals surface area (Å²) in [5.41, 5.74) is 12.8. The van der Waals surface area contributed by atoms with Crippen LogP contribution in [0.1, 0.15) is 15.9 Å². The summed E-state index contributed by atoms with van der Waals surface area (Å²) in [5.74, 6) is -0.0266. The van der Waals surface area contributed by atoms with Gasteiger partial charge in [0, 0.05) is 18.1 Å². The number of benzene rings is 1. The molecule has 104 valence electrons. The molecule has 0 spiro atoms. The van der Waals surface area contributed by atoms with Crippen LogP contribution in [0.5, 0.6) is 0 Å². The van der Waals surface area contributed by atoms with Gasteiger partial charge in [0.05, 0.1) is 17.4 Å². The summed E-state index contributed by atoms with van der Waals surface area (Å²) in [5, 5.41) is 0. The molecule has 0 aliphatic carbocycles. The van der Waals surface area contributed by atoms with E-state index in [-0.39, 0.29) is 0 Å². The maximum Gasteiger partial charge on any atom is 0.252 e. The molecular weight excluding hydrogens is 320 g/mol. The van der Waals surface area contributed by atoms with Crippen LogP contribution in [0.15, 0.2) is 41.0 Å². The number of nitrogens with two attached hydrogens (primary N) is 2. The lowest BCUT2D eigenvalue weighted by molar-refractivity contribution is 0.100. The summed E-state index contributed by atoms with van der Waals surface area (Å²) in [6.45, 7) is 0.596. The second-order valence-corrected chi connectivity index (χ2v) is 5.31. The molecule has 0 bridgehead atoms. The molecule has 0 radical (unpaired) electrons. The number of carbonyl (C=O) groups excluding carboxylic acids is 1. The molecule has 0 unspecified atom stereocenters. The number of primary amides is 1. The van der Waals surface area contributed by atoms with E-state index in [2.05, 4.69) is 20.9 Å². The lowest BCUT2D eigenvalue weighted by Gasteiger charge is -2.21. The highest BCUT2D eigenvalue weighted by Gasteiger charge is 2.15. The number of pyridine rings is 1. The molecule has 0 aliphatic rings. The summed E-state index contributed by atoms with van der Waals surface area (Å²) in [4.78, 5) is 17.6. The first-order chi connectivity index (χ1) is 9.49. The third-order valence-electron chi connectivity index (χ3n) is 2.88. The van der Waals surface area contributed by atoms with Gasteiger partial charge in [-0.1, -0.05) is 34.1 Å². The molecule has 1 aromatic carbocycles. The Balaban J connectivity index is 2.32. The van der Waals surface area contributed by atoms with Crippen molar-refractivity contribution in [1.82, 2.24) is 4.98 Å². The summed E-state index contributed by atoms with van der Waals surface area (Å²) in [6, 6.07) is 9.42. The van der Waals surface area contributed by atoms with Crippen molar-refractivity contribution < 1.29 is 4.79 Å². The van der Waals surface area contributed by atoms with Gasteiger partial charge >= 0.3 is 0 Å². The van der Waals surface area contributed by atoms with Gasteiger partial charge in [-0.25, -0.2) is 4.98 Å². The first kappa shape index (κ1) is 14.3. The standard InChI is InChI=1S/C14H15BrN4O/c1-19(8-9-4-2-3-5-12(9)15)14-11(13(17)20)6-10(16)7-18-14/h2-7H,8,16H2,1H3,(H2,17,20). The number of halogens is 1. The number of amides is 1. The molecule has 0 fully saturated rings. The largest absolute Gasteiger partial charge is 0.397 e. The Kier molecular flexibility index (Phi) is 4.24. The van der Waals surface area contributed by atoms with Crippen LogP contribution in [0.2, 0.25) is 0 Å². The molecular formula is C14H15BrN4O. The molecule has 6 heteroatoms. The summed E-state index contributed by atoms with van der Waals surface area (Å²) in [7, 11) is 1.85. The fraction of sp³-hybridized carbons (Fsp3) is 0.143. The average molecular weight is 335 g/mol. The molecule has 2 aromatic rings. The molecule has 0 saturated heterocycles. The van der Waals surface area contributed by atoms with E-state index in [1.807, 2.05) is 36.2 Å². The molecule has 0 aliphatic heterocycles. The third-order valence-corrected chi connectivity index (χ3v) is 3.65. The van der Waals surface area contributed by atoms with Gasteiger partial charge in [0.1, 0.15) is 5.82 Å². The number of hydrogen-bond acceptors (Lipinski definition) is 4. The lowest BCUT2D eigenvalue weighted by Crippen LogP contribution is -2.23. The van der Waals surface area contributed by atoms with Gasteiger partial charge in [0.2, 0.25) is 0 Å². The minimum Gasteiger partial charge on any atom is -0.397 e. The first-order valence-electron chi connectivity index (χ1n) is 5.99. The van der Waals surface area contributed by atoms with Crippen molar-refractivity contribution in [3.8, 4) is 0 Å². The Morgan fingerprint density at radius 2 is 2.10 bits per heavy atom. The number of aromatic nitrogens is 1. The summed E-state index contributed by atoms with van der Waals surface area (Å²) in [6.07, 6.45) is 1.51. The predicted molar refractivity (Wildman–Crippen MR) is 83.4 cm³/mol. The van der Waals surface area contributed by atoms with Crippen molar-refractivity contribution in [2.75, 3.05) is 17.7 Å². The van der Waals surface area contributed by atoms with Crippen LogP contribution in [-0.4, -0.2) is 17.9 Å². The summed E-state index contributed by atoms with van der Waals surface area (Å²) < 4.78 is 1.00. The van der Waals surface area contributed by atoms with Gasteiger partial charge in [-0.3, -0.25) is 4.79 Å². The number of carbonyl (C=O) groups is 1. The SMILES string of the molecule is CN(Cc1ccccc1Br)c1ncc(N)cc1C(N)=O. The van der Waals surface area contributed by atoms with Crippen molar-refractivity contribution in [2.24, 2.45) is 5.73 Å². The van der Waals surface area contributed by atoms with E-state index in [4.69, 9.17) is 11.5 Å². The van der Waals surface area contributed by atoms with Gasteiger partial charge in [0.15, 0.2) is 0 Å². The fourth-order valence-electron chi connectivity index (χ4n) is 1.92. The molecule has 5 nitrogen and oxygen atoms in total. The van der Waals surface area contributed by atoms with Crippen LogP contribution in [0.25, 0.3) is 0 Å². The normalized spacial score (nSPS) is 10.3. The van der Waals surface area contributed by atoms with Gasteiger partial charge in [-0.05, 0) is 17.7 Å². The van der Waals surface area contributed by atoms with E-state index >= 15 is 0 Å². The van der Waals surface area contributed by atoms with E-state index in [9.17, 15) is 4.79 Å². The van der Waals surface area contributed by atoms with Crippen LogP contribution in [-0.2, 0) is 6.54 Å². The zero-order chi connectivity index (χ0) is 14.7. The second kappa shape index (κ2) is 5.92. The highest BCUT2D eigenvalue weighted by molar-refractivity contribution is 9.10. The quantitative estimate of drug-likeness (QED) is 0.897. The van der Waals surface area contributed by atoms with E-state index in [0.29, 0.717) is 23.6 Å². The summed E-state index contributed by atoms with van der Waals surface area (Å²) >= 11 is 3.50. The Morgan fingerprint density at radius 1 is 1.40 bits per heavy atom. The maximum atomic E-state index is 11.5. The van der Waals surface area contributed by atoms with Crippen LogP contribution in [0.4, 0.5) is 11.5 Å². The Morgan fingerprint density at radius 3 is 2.75 bits per heavy atom. The second-order valence-electron chi connectivity index (χ2n) is 4.45. The lowest BCUT2D eigenvalue weighted by atomic mass is 10.2. The first-order valence-corrected chi connectivity index (χ1v) is 6.78. The molecule has 1 heterocycles. The Hall–Kier alpha value is -2.08. The van der Waals surface area contributed by atoms with Crippen LogP contribution in [0, 0.1) is 0 Å². The fourth-order valence-corrected chi connectivity index (χ4v) is 2.33. The third kappa shape index (κ3) is 3.08. The molecule has 20 heavy (non-hydrogen) atoms. The van der Waals surface area contributed by atoms with Crippen molar-refractivity contribution in [3.05, 3.63) is 52.1 Å². The molecule has 2 rings (SSSR count). The minimum absolute atomic E-state index is 0.319. The number of nitrogens with zero attached hydrogens (tertiary/aromatic N) is 2. The van der Waals surface area contributed by atoms with Gasteiger partial charge in [0.25, 0.3) is 5.91 Å². The highest BCUT2D eigenvalue weighted by Crippen LogP contribution is 2.23. The minimum atomic E-state index is -0.543. The molecule has 1 aromatic heterocycles. The van der Waals surface area contributed by atoms with Crippen molar-refractivity contribution in [1.29, 1.82) is 0 Å². The monoisotopic (exact) mass is 334 g/mol. The Labute approximate surface area is 125 Å². The maximum absolute atomic E-state index is 11.5. The van der Waals surface area contributed by atoms with Crippen LogP contribution in [0.3, 0.4) is 0 Å². The molecule has 0 atom stereocenters. The van der Waals surface area contributed by atoms with E-state index in [0.717, 1.165) is 10.0 Å². The van der Waals surface area contributed by atoms with Crippen LogP contribution >= 0.6 is 15.9 Å². The Bertz CT molecular complexity index is 645. The van der Waals surface area contributed by atoms with Gasteiger partial charge in [-0.2, -0.15) is 0 Å². The number of nitrogen functional groups attached to an aromatic ring is 1. The van der Waals surface area contributed by atoms with Gasteiger partial charge in [-0.15, -0.1) is 0 Å². The van der Waals surface area contributed by atoms with Crippen LogP contribution < -0.4 is 16.4 Å². The number of rotatable bonds is 4. The van der Waals surface area contributed by atoms with Crippen molar-refractivity contribution >= 4 is 33.3 Å². The highest BCUT2D eigenvalue weighted by atomic mass is 79.9. The van der Waals surface area contributed by atoms with E-state index in [1.54, 1.807) is 6.07 Å². The smallest absolute Gasteiger partial charge is 0.252 e. The van der Waals surface area contributed by atoms with Crippen molar-refractivity contribution in [2.45, 2.75) is 6.54 Å². The average Bonchev–Trinajstić information content (AvgIpc) is 2.41. The molecule has 0 saturated carbocycles. The number of hydrogen-bond donors (Lipinski definition) is 2. The molecule has 1 amide bonds. The molecule has 4 N–H and O–H groups in total. The van der Waals surface area contributed by atoms with Gasteiger partial charge < -0.3 is 16.4 Å². The topological polar surface area (TPSA) is 85.2 Å².